The SMILES string of the molecule is c1ccc(C2OCCC3c4ccccc4[N-]C32)[nH+]c1. The monoisotopic (exact) mass is 252 g/mol. The maximum Gasteiger partial charge on any atom is 0.207 e. The summed E-state index contributed by atoms with van der Waals surface area (Å²) in [6.07, 6.45) is 3.06. The number of aromatic amines is 1. The van der Waals surface area contributed by atoms with Gasteiger partial charge in [0.2, 0.25) is 5.69 Å². The van der Waals surface area contributed by atoms with Gasteiger partial charge in [0.25, 0.3) is 0 Å². The summed E-state index contributed by atoms with van der Waals surface area (Å²) in [6, 6.07) is 14.8. The molecule has 0 saturated carbocycles. The van der Waals surface area contributed by atoms with E-state index in [2.05, 4.69) is 35.3 Å². The molecule has 1 fully saturated rings. The van der Waals surface area contributed by atoms with Gasteiger partial charge in [-0.25, -0.2) is 4.98 Å². The molecule has 0 bridgehead atoms. The van der Waals surface area contributed by atoms with E-state index in [0.29, 0.717) is 5.92 Å². The molecule has 0 amide bonds. The first-order chi connectivity index (χ1) is 9.43. The van der Waals surface area contributed by atoms with Crippen LogP contribution in [0.3, 0.4) is 0 Å². The van der Waals surface area contributed by atoms with Crippen molar-refractivity contribution >= 4 is 5.69 Å². The molecule has 1 saturated heterocycles. The summed E-state index contributed by atoms with van der Waals surface area (Å²) in [5.41, 5.74) is 3.65. The molecule has 3 unspecified atom stereocenters. The Bertz CT molecular complexity index is 584. The van der Waals surface area contributed by atoms with Crippen LogP contribution in [0.2, 0.25) is 0 Å². The summed E-state index contributed by atoms with van der Waals surface area (Å²) in [7, 11) is 0. The summed E-state index contributed by atoms with van der Waals surface area (Å²) in [5.74, 6) is 0.503. The first-order valence-electron chi connectivity index (χ1n) is 6.81. The third kappa shape index (κ3) is 1.73. The zero-order valence-electron chi connectivity index (χ0n) is 10.6. The van der Waals surface area contributed by atoms with Crippen molar-refractivity contribution in [3.63, 3.8) is 0 Å². The molecular weight excluding hydrogens is 236 g/mol. The summed E-state index contributed by atoms with van der Waals surface area (Å²) in [4.78, 5) is 3.29. The molecule has 1 aromatic heterocycles. The van der Waals surface area contributed by atoms with Gasteiger partial charge in [-0.3, -0.25) is 0 Å². The molecule has 1 N–H and O–H groups in total. The molecule has 0 radical (unpaired) electrons. The quantitative estimate of drug-likeness (QED) is 0.768. The lowest BCUT2D eigenvalue weighted by atomic mass is 9.86. The Balaban J connectivity index is 1.71. The zero-order valence-corrected chi connectivity index (χ0v) is 10.6. The average Bonchev–Trinajstić information content (AvgIpc) is 2.87. The van der Waals surface area contributed by atoms with Crippen LogP contribution in [-0.4, -0.2) is 12.6 Å². The van der Waals surface area contributed by atoms with E-state index in [9.17, 15) is 0 Å². The maximum atomic E-state index is 5.98. The fourth-order valence-corrected chi connectivity index (χ4v) is 3.24. The van der Waals surface area contributed by atoms with Crippen molar-refractivity contribution in [2.75, 3.05) is 6.61 Å². The first-order valence-corrected chi connectivity index (χ1v) is 6.81. The van der Waals surface area contributed by atoms with E-state index < -0.39 is 0 Å². The number of para-hydroxylation sites is 1. The molecule has 3 atom stereocenters. The van der Waals surface area contributed by atoms with Gasteiger partial charge < -0.3 is 10.1 Å². The number of nitrogens with one attached hydrogen (secondary N) is 1. The smallest absolute Gasteiger partial charge is 0.207 e. The van der Waals surface area contributed by atoms with Crippen molar-refractivity contribution in [2.45, 2.75) is 24.5 Å². The number of hydrogen-bond acceptors (Lipinski definition) is 1. The number of H-pyrrole nitrogens is 1. The van der Waals surface area contributed by atoms with Crippen molar-refractivity contribution in [3.8, 4) is 0 Å². The van der Waals surface area contributed by atoms with Crippen LogP contribution in [0.1, 0.15) is 29.7 Å². The lowest BCUT2D eigenvalue weighted by Gasteiger charge is -2.39. The lowest BCUT2D eigenvalue weighted by Crippen LogP contribution is -2.33. The minimum absolute atomic E-state index is 0.0485. The van der Waals surface area contributed by atoms with Crippen LogP contribution in [0.5, 0.6) is 0 Å². The van der Waals surface area contributed by atoms with E-state index in [1.807, 2.05) is 18.3 Å². The highest BCUT2D eigenvalue weighted by Gasteiger charge is 2.36. The molecule has 3 nitrogen and oxygen atoms in total. The van der Waals surface area contributed by atoms with Crippen molar-refractivity contribution in [1.82, 2.24) is 0 Å². The van der Waals surface area contributed by atoms with Crippen LogP contribution in [0, 0.1) is 0 Å². The maximum absolute atomic E-state index is 5.98. The van der Waals surface area contributed by atoms with Gasteiger partial charge in [-0.2, -0.15) is 0 Å². The molecule has 3 heterocycles. The fraction of sp³-hybridized carbons (Fsp3) is 0.312. The van der Waals surface area contributed by atoms with E-state index in [0.717, 1.165) is 24.4 Å². The van der Waals surface area contributed by atoms with Gasteiger partial charge in [-0.05, 0) is 12.3 Å². The normalized spacial score (nSPS) is 28.3. The first kappa shape index (κ1) is 11.0. The number of benzene rings is 1. The van der Waals surface area contributed by atoms with Gasteiger partial charge in [-0.15, -0.1) is 5.69 Å². The number of pyridine rings is 1. The molecule has 2 aromatic rings. The Kier molecular flexibility index (Phi) is 2.52. The molecule has 19 heavy (non-hydrogen) atoms. The number of fused-ring (bicyclic) bond motifs is 3. The molecule has 2 aliphatic heterocycles. The summed E-state index contributed by atoms with van der Waals surface area (Å²) < 4.78 is 5.98. The molecular formula is C16H16N2O. The summed E-state index contributed by atoms with van der Waals surface area (Å²) in [6.45, 7) is 0.804. The lowest BCUT2D eigenvalue weighted by molar-refractivity contribution is -0.402. The number of ether oxygens (including phenoxy) is 1. The Morgan fingerprint density at radius 2 is 2.00 bits per heavy atom. The molecule has 0 spiro atoms. The second-order valence-electron chi connectivity index (χ2n) is 5.18. The highest BCUT2D eigenvalue weighted by molar-refractivity contribution is 5.64. The molecule has 0 aliphatic carbocycles. The average molecular weight is 252 g/mol. The Morgan fingerprint density at radius 1 is 1.11 bits per heavy atom. The van der Waals surface area contributed by atoms with Gasteiger partial charge in [0.05, 0.1) is 0 Å². The second-order valence-corrected chi connectivity index (χ2v) is 5.18. The van der Waals surface area contributed by atoms with Crippen LogP contribution < -0.4 is 4.98 Å². The Morgan fingerprint density at radius 3 is 2.89 bits per heavy atom. The van der Waals surface area contributed by atoms with Crippen molar-refractivity contribution < 1.29 is 9.72 Å². The van der Waals surface area contributed by atoms with E-state index >= 15 is 0 Å². The van der Waals surface area contributed by atoms with Gasteiger partial charge >= 0.3 is 0 Å². The number of hydrogen-bond donors (Lipinski definition) is 0. The third-order valence-electron chi connectivity index (χ3n) is 4.11. The van der Waals surface area contributed by atoms with E-state index in [-0.39, 0.29) is 12.1 Å². The minimum Gasteiger partial charge on any atom is -0.678 e. The van der Waals surface area contributed by atoms with Crippen LogP contribution in [0.4, 0.5) is 5.69 Å². The second kappa shape index (κ2) is 4.35. The number of aromatic nitrogens is 1. The highest BCUT2D eigenvalue weighted by Crippen LogP contribution is 2.52. The molecule has 3 heteroatoms. The minimum atomic E-state index is 0.0485. The summed E-state index contributed by atoms with van der Waals surface area (Å²) >= 11 is 0. The largest absolute Gasteiger partial charge is 0.678 e. The number of rotatable bonds is 1. The fourth-order valence-electron chi connectivity index (χ4n) is 3.24. The molecule has 4 rings (SSSR count). The van der Waals surface area contributed by atoms with E-state index in [4.69, 9.17) is 10.1 Å². The van der Waals surface area contributed by atoms with Gasteiger partial charge in [0, 0.05) is 18.7 Å². The van der Waals surface area contributed by atoms with Crippen LogP contribution >= 0.6 is 0 Å². The van der Waals surface area contributed by atoms with Gasteiger partial charge in [0.15, 0.2) is 6.20 Å². The van der Waals surface area contributed by atoms with Crippen LogP contribution in [0.25, 0.3) is 5.32 Å². The van der Waals surface area contributed by atoms with Crippen LogP contribution in [-0.2, 0) is 4.74 Å². The molecule has 1 aromatic carbocycles. The third-order valence-corrected chi connectivity index (χ3v) is 4.11. The van der Waals surface area contributed by atoms with Gasteiger partial charge in [-0.1, -0.05) is 41.9 Å². The topological polar surface area (TPSA) is 37.5 Å². The highest BCUT2D eigenvalue weighted by atomic mass is 16.5. The summed E-state index contributed by atoms with van der Waals surface area (Å²) in [5, 5.41) is 4.89. The predicted molar refractivity (Wildman–Crippen MR) is 72.3 cm³/mol. The van der Waals surface area contributed by atoms with Gasteiger partial charge in [0.1, 0.15) is 6.10 Å². The molecule has 2 aliphatic rings. The number of nitrogens with zero attached hydrogens (tertiary/aromatic N) is 1. The van der Waals surface area contributed by atoms with Crippen LogP contribution in [0.15, 0.2) is 48.7 Å². The van der Waals surface area contributed by atoms with E-state index in [1.54, 1.807) is 0 Å². The molecule has 96 valence electrons. The predicted octanol–water partition coefficient (Wildman–Crippen LogP) is 3.13. The van der Waals surface area contributed by atoms with E-state index in [1.165, 1.54) is 5.56 Å². The van der Waals surface area contributed by atoms with Crippen molar-refractivity contribution in [3.05, 3.63) is 65.2 Å². The van der Waals surface area contributed by atoms with Crippen molar-refractivity contribution in [2.24, 2.45) is 0 Å². The Hall–Kier alpha value is -1.87. The van der Waals surface area contributed by atoms with Crippen molar-refractivity contribution in [1.29, 1.82) is 0 Å². The standard InChI is InChI=1S/C16H15N2O/c1-2-6-13-11(5-1)12-8-10-19-16(15(12)18-13)14-7-3-4-9-17-14/h1-7,9,12,15-16H,8,10H2/q-1/p+1. The Labute approximate surface area is 112 Å². The zero-order chi connectivity index (χ0) is 12.7.